The zero-order valence-electron chi connectivity index (χ0n) is 18.7. The number of hydrogen-bond acceptors (Lipinski definition) is 4. The minimum absolute atomic E-state index is 0.0569. The van der Waals surface area contributed by atoms with Gasteiger partial charge in [-0.2, -0.15) is 0 Å². The number of anilines is 1. The van der Waals surface area contributed by atoms with Crippen LogP contribution in [0.3, 0.4) is 0 Å². The number of imidazole rings is 1. The standard InChI is InChI=1S/C25H25N3O4S/c1-4-27-21-15-20(26-24(29)18-9-7-6-8-10-18)23(16-22(21)28(5-2)25(27)30)33(31,32)19-13-11-17(3)12-14-19/h6-16H,4-5H2,1-3H3,(H,26,29). The largest absolute Gasteiger partial charge is 0.329 e. The first-order chi connectivity index (χ1) is 15.8. The minimum Gasteiger partial charge on any atom is -0.321 e. The fraction of sp³-hybridized carbons (Fsp3) is 0.200. The molecule has 1 heterocycles. The number of benzene rings is 3. The van der Waals surface area contributed by atoms with Gasteiger partial charge >= 0.3 is 5.69 Å². The zero-order valence-corrected chi connectivity index (χ0v) is 19.5. The molecule has 3 aromatic carbocycles. The number of rotatable bonds is 6. The summed E-state index contributed by atoms with van der Waals surface area (Å²) in [6.07, 6.45) is 0. The highest BCUT2D eigenvalue weighted by atomic mass is 32.2. The minimum atomic E-state index is -3.98. The third kappa shape index (κ3) is 3.98. The van der Waals surface area contributed by atoms with Crippen molar-refractivity contribution in [3.8, 4) is 0 Å². The normalized spacial score (nSPS) is 11.6. The van der Waals surface area contributed by atoms with E-state index in [0.29, 0.717) is 29.7 Å². The smallest absolute Gasteiger partial charge is 0.321 e. The maximum absolute atomic E-state index is 13.6. The molecule has 0 bridgehead atoms. The Morgan fingerprint density at radius 1 is 0.879 bits per heavy atom. The second-order valence-corrected chi connectivity index (χ2v) is 9.66. The molecule has 0 unspecified atom stereocenters. The van der Waals surface area contributed by atoms with Gasteiger partial charge in [-0.3, -0.25) is 13.9 Å². The van der Waals surface area contributed by atoms with Crippen molar-refractivity contribution in [1.29, 1.82) is 0 Å². The van der Waals surface area contributed by atoms with E-state index in [1.54, 1.807) is 65.2 Å². The van der Waals surface area contributed by atoms with E-state index in [-0.39, 0.29) is 21.2 Å². The molecule has 1 N–H and O–H groups in total. The fourth-order valence-corrected chi connectivity index (χ4v) is 5.32. The molecule has 0 aliphatic carbocycles. The Kier molecular flexibility index (Phi) is 5.95. The lowest BCUT2D eigenvalue weighted by molar-refractivity contribution is 0.102. The van der Waals surface area contributed by atoms with E-state index in [1.807, 2.05) is 20.8 Å². The topological polar surface area (TPSA) is 90.2 Å². The first-order valence-electron chi connectivity index (χ1n) is 10.7. The molecule has 4 rings (SSSR count). The summed E-state index contributed by atoms with van der Waals surface area (Å²) in [6, 6.07) is 18.2. The lowest BCUT2D eigenvalue weighted by Crippen LogP contribution is -2.23. The molecule has 0 fully saturated rings. The van der Waals surface area contributed by atoms with E-state index in [4.69, 9.17) is 0 Å². The Morgan fingerprint density at radius 3 is 2.03 bits per heavy atom. The number of carbonyl (C=O) groups excluding carboxylic acids is 1. The molecule has 33 heavy (non-hydrogen) atoms. The number of aromatic nitrogens is 2. The van der Waals surface area contributed by atoms with E-state index in [1.165, 1.54) is 10.6 Å². The summed E-state index contributed by atoms with van der Waals surface area (Å²) in [5, 5.41) is 2.76. The van der Waals surface area contributed by atoms with Crippen LogP contribution in [-0.4, -0.2) is 23.5 Å². The van der Waals surface area contributed by atoms with Crippen LogP contribution in [0.25, 0.3) is 11.0 Å². The van der Waals surface area contributed by atoms with Crippen LogP contribution in [-0.2, 0) is 22.9 Å². The van der Waals surface area contributed by atoms with Crippen LogP contribution in [0.15, 0.2) is 81.3 Å². The summed E-state index contributed by atoms with van der Waals surface area (Å²) < 4.78 is 30.4. The average Bonchev–Trinajstić information content (AvgIpc) is 3.08. The third-order valence-corrected chi connectivity index (χ3v) is 7.47. The number of amides is 1. The summed E-state index contributed by atoms with van der Waals surface area (Å²) in [7, 11) is -3.98. The van der Waals surface area contributed by atoms with E-state index in [0.717, 1.165) is 5.56 Å². The Hall–Kier alpha value is -3.65. The van der Waals surface area contributed by atoms with Crippen molar-refractivity contribution >= 4 is 32.5 Å². The van der Waals surface area contributed by atoms with Crippen molar-refractivity contribution in [2.24, 2.45) is 0 Å². The number of aryl methyl sites for hydroxylation is 3. The van der Waals surface area contributed by atoms with E-state index in [9.17, 15) is 18.0 Å². The first-order valence-corrected chi connectivity index (χ1v) is 12.2. The van der Waals surface area contributed by atoms with E-state index >= 15 is 0 Å². The van der Waals surface area contributed by atoms with E-state index in [2.05, 4.69) is 5.32 Å². The number of nitrogens with zero attached hydrogens (tertiary/aromatic N) is 2. The van der Waals surface area contributed by atoms with Crippen molar-refractivity contribution in [2.75, 3.05) is 5.32 Å². The van der Waals surface area contributed by atoms with Gasteiger partial charge in [-0.1, -0.05) is 35.9 Å². The van der Waals surface area contributed by atoms with Gasteiger partial charge in [-0.05, 0) is 57.2 Å². The maximum Gasteiger partial charge on any atom is 0.329 e. The number of carbonyl (C=O) groups is 1. The molecule has 0 atom stereocenters. The van der Waals surface area contributed by atoms with Crippen molar-refractivity contribution in [2.45, 2.75) is 43.7 Å². The molecular weight excluding hydrogens is 438 g/mol. The van der Waals surface area contributed by atoms with Gasteiger partial charge in [0, 0.05) is 18.7 Å². The molecule has 8 heteroatoms. The molecule has 0 radical (unpaired) electrons. The fourth-order valence-electron chi connectivity index (χ4n) is 3.90. The van der Waals surface area contributed by atoms with Crippen LogP contribution in [0.1, 0.15) is 29.8 Å². The highest BCUT2D eigenvalue weighted by Crippen LogP contribution is 2.32. The predicted molar refractivity (Wildman–Crippen MR) is 129 cm³/mol. The Bertz CT molecular complexity index is 1500. The van der Waals surface area contributed by atoms with Crippen molar-refractivity contribution in [1.82, 2.24) is 9.13 Å². The van der Waals surface area contributed by atoms with Crippen LogP contribution in [0, 0.1) is 6.92 Å². The van der Waals surface area contributed by atoms with Crippen LogP contribution in [0.4, 0.5) is 5.69 Å². The van der Waals surface area contributed by atoms with Gasteiger partial charge in [0.25, 0.3) is 5.91 Å². The van der Waals surface area contributed by atoms with Gasteiger partial charge in [0.2, 0.25) is 9.84 Å². The molecule has 0 aliphatic rings. The molecule has 4 aromatic rings. The van der Waals surface area contributed by atoms with Gasteiger partial charge in [-0.25, -0.2) is 13.2 Å². The SMILES string of the molecule is CCn1c(=O)n(CC)c2cc(S(=O)(=O)c3ccc(C)cc3)c(NC(=O)c3ccccc3)cc21. The number of sulfone groups is 1. The molecule has 0 saturated heterocycles. The van der Waals surface area contributed by atoms with Crippen LogP contribution < -0.4 is 11.0 Å². The van der Waals surface area contributed by atoms with Gasteiger partial charge in [0.1, 0.15) is 0 Å². The Morgan fingerprint density at radius 2 is 1.45 bits per heavy atom. The molecule has 1 aromatic heterocycles. The van der Waals surface area contributed by atoms with Gasteiger partial charge < -0.3 is 5.32 Å². The third-order valence-electron chi connectivity index (χ3n) is 5.66. The molecule has 7 nitrogen and oxygen atoms in total. The quantitative estimate of drug-likeness (QED) is 0.463. The van der Waals surface area contributed by atoms with Crippen molar-refractivity contribution < 1.29 is 13.2 Å². The predicted octanol–water partition coefficient (Wildman–Crippen LogP) is 4.24. The van der Waals surface area contributed by atoms with Crippen LogP contribution >= 0.6 is 0 Å². The highest BCUT2D eigenvalue weighted by molar-refractivity contribution is 7.91. The van der Waals surface area contributed by atoms with Gasteiger partial charge in [-0.15, -0.1) is 0 Å². The molecule has 1 amide bonds. The van der Waals surface area contributed by atoms with Gasteiger partial charge in [0.15, 0.2) is 0 Å². The zero-order chi connectivity index (χ0) is 23.8. The van der Waals surface area contributed by atoms with Crippen LogP contribution in [0.5, 0.6) is 0 Å². The Labute approximate surface area is 192 Å². The Balaban J connectivity index is 1.98. The molecule has 0 spiro atoms. The maximum atomic E-state index is 13.6. The van der Waals surface area contributed by atoms with E-state index < -0.39 is 15.7 Å². The second-order valence-electron chi connectivity index (χ2n) is 7.74. The summed E-state index contributed by atoms with van der Waals surface area (Å²) in [5.41, 5.74) is 2.31. The molecular formula is C25H25N3O4S. The summed E-state index contributed by atoms with van der Waals surface area (Å²) in [5.74, 6) is -0.435. The molecule has 0 aliphatic heterocycles. The van der Waals surface area contributed by atoms with Crippen molar-refractivity contribution in [3.63, 3.8) is 0 Å². The lowest BCUT2D eigenvalue weighted by Gasteiger charge is -2.14. The average molecular weight is 464 g/mol. The molecule has 170 valence electrons. The number of fused-ring (bicyclic) bond motifs is 1. The first kappa shape index (κ1) is 22.5. The summed E-state index contributed by atoms with van der Waals surface area (Å²) >= 11 is 0. The number of nitrogens with one attached hydrogen (secondary N) is 1. The lowest BCUT2D eigenvalue weighted by atomic mass is 10.2. The summed E-state index contributed by atoms with van der Waals surface area (Å²) in [4.78, 5) is 25.8. The van der Waals surface area contributed by atoms with Crippen molar-refractivity contribution in [3.05, 3.63) is 88.3 Å². The monoisotopic (exact) mass is 463 g/mol. The number of hydrogen-bond donors (Lipinski definition) is 1. The molecule has 0 saturated carbocycles. The van der Waals surface area contributed by atoms with Gasteiger partial charge in [0.05, 0.1) is 26.5 Å². The summed E-state index contributed by atoms with van der Waals surface area (Å²) in [6.45, 7) is 6.36. The van der Waals surface area contributed by atoms with Crippen LogP contribution in [0.2, 0.25) is 0 Å². The highest BCUT2D eigenvalue weighted by Gasteiger charge is 2.26. The second kappa shape index (κ2) is 8.71.